The van der Waals surface area contributed by atoms with Crippen LogP contribution in [0.2, 0.25) is 0 Å². The number of benzene rings is 2. The number of carbonyl (C=O) groups is 1. The number of fused-ring (bicyclic) bond motifs is 1. The Hall–Kier alpha value is -3.14. The van der Waals surface area contributed by atoms with Gasteiger partial charge in [0.1, 0.15) is 0 Å². The zero-order valence-corrected chi connectivity index (χ0v) is 15.8. The fourth-order valence-corrected chi connectivity index (χ4v) is 3.12. The van der Waals surface area contributed by atoms with E-state index in [1.54, 1.807) is 36.4 Å². The van der Waals surface area contributed by atoms with Crippen molar-refractivity contribution < 1.29 is 35.3 Å². The molecule has 0 amide bonds. The third-order valence-electron chi connectivity index (χ3n) is 3.86. The van der Waals surface area contributed by atoms with Crippen LogP contribution in [0.25, 0.3) is 22.0 Å². The van der Waals surface area contributed by atoms with Crippen LogP contribution in [-0.2, 0) is 14.9 Å². The molecule has 0 spiro atoms. The SMILES string of the molecule is CCOC(=O)c1nc(-c2ccccc2)c2ccccc2c1OS(=O)(=O)C(F)(F)F. The van der Waals surface area contributed by atoms with Crippen LogP contribution in [0.5, 0.6) is 5.75 Å². The maximum Gasteiger partial charge on any atom is 0.534 e. The molecule has 0 N–H and O–H groups in total. The van der Waals surface area contributed by atoms with E-state index in [9.17, 15) is 26.4 Å². The second-order valence-corrected chi connectivity index (χ2v) is 7.29. The van der Waals surface area contributed by atoms with E-state index in [0.717, 1.165) is 0 Å². The Morgan fingerprint density at radius 2 is 1.59 bits per heavy atom. The minimum absolute atomic E-state index is 0.0303. The highest BCUT2D eigenvalue weighted by Gasteiger charge is 2.49. The van der Waals surface area contributed by atoms with E-state index in [1.165, 1.54) is 25.1 Å². The molecule has 0 aliphatic rings. The van der Waals surface area contributed by atoms with Gasteiger partial charge < -0.3 is 8.92 Å². The van der Waals surface area contributed by atoms with Crippen molar-refractivity contribution >= 4 is 26.9 Å². The first-order valence-corrected chi connectivity index (χ1v) is 9.72. The van der Waals surface area contributed by atoms with Crippen LogP contribution in [0.3, 0.4) is 0 Å². The molecule has 0 saturated heterocycles. The summed E-state index contributed by atoms with van der Waals surface area (Å²) in [5.74, 6) is -1.95. The number of nitrogens with zero attached hydrogens (tertiary/aromatic N) is 1. The van der Waals surface area contributed by atoms with E-state index >= 15 is 0 Å². The monoisotopic (exact) mass is 425 g/mol. The summed E-state index contributed by atoms with van der Waals surface area (Å²) in [6.45, 7) is 1.39. The van der Waals surface area contributed by atoms with Crippen molar-refractivity contribution in [3.8, 4) is 17.0 Å². The summed E-state index contributed by atoms with van der Waals surface area (Å²) in [5.41, 5.74) is -5.52. The van der Waals surface area contributed by atoms with Gasteiger partial charge in [-0.25, -0.2) is 9.78 Å². The van der Waals surface area contributed by atoms with Gasteiger partial charge in [0, 0.05) is 16.3 Å². The number of halogens is 3. The fraction of sp³-hybridized carbons (Fsp3) is 0.158. The molecule has 0 bridgehead atoms. The van der Waals surface area contributed by atoms with Gasteiger partial charge in [-0.2, -0.15) is 21.6 Å². The molecule has 0 aliphatic heterocycles. The fourth-order valence-electron chi connectivity index (χ4n) is 2.63. The summed E-state index contributed by atoms with van der Waals surface area (Å²) in [7, 11) is -6.04. The number of esters is 1. The van der Waals surface area contributed by atoms with E-state index in [1.807, 2.05) is 0 Å². The van der Waals surface area contributed by atoms with Gasteiger partial charge >= 0.3 is 21.6 Å². The maximum atomic E-state index is 12.9. The molecule has 0 radical (unpaired) electrons. The van der Waals surface area contributed by atoms with Crippen molar-refractivity contribution in [1.29, 1.82) is 0 Å². The van der Waals surface area contributed by atoms with Crippen molar-refractivity contribution in [1.82, 2.24) is 4.98 Å². The number of aromatic nitrogens is 1. The van der Waals surface area contributed by atoms with Gasteiger partial charge in [0.15, 0.2) is 11.4 Å². The van der Waals surface area contributed by atoms with Crippen LogP contribution in [-0.4, -0.2) is 31.5 Å². The minimum atomic E-state index is -6.04. The molecule has 10 heteroatoms. The van der Waals surface area contributed by atoms with Crippen LogP contribution in [0.15, 0.2) is 54.6 Å². The van der Waals surface area contributed by atoms with Crippen molar-refractivity contribution in [2.75, 3.05) is 6.61 Å². The quantitative estimate of drug-likeness (QED) is 0.344. The lowest BCUT2D eigenvalue weighted by molar-refractivity contribution is -0.0500. The molecular formula is C19H14F3NO5S. The zero-order chi connectivity index (χ0) is 21.2. The lowest BCUT2D eigenvalue weighted by Crippen LogP contribution is -2.29. The Morgan fingerprint density at radius 1 is 1.00 bits per heavy atom. The van der Waals surface area contributed by atoms with Crippen LogP contribution >= 0.6 is 0 Å². The highest BCUT2D eigenvalue weighted by atomic mass is 32.2. The highest BCUT2D eigenvalue weighted by molar-refractivity contribution is 7.88. The van der Waals surface area contributed by atoms with Gasteiger partial charge in [-0.1, -0.05) is 54.6 Å². The second-order valence-electron chi connectivity index (χ2n) is 5.75. The Kier molecular flexibility index (Phi) is 5.47. The van der Waals surface area contributed by atoms with Crippen molar-refractivity contribution in [3.05, 3.63) is 60.3 Å². The van der Waals surface area contributed by atoms with Gasteiger partial charge in [-0.3, -0.25) is 0 Å². The summed E-state index contributed by atoms with van der Waals surface area (Å²) in [6, 6.07) is 14.5. The molecule has 0 fully saturated rings. The number of hydrogen-bond donors (Lipinski definition) is 0. The molecule has 0 unspecified atom stereocenters. The van der Waals surface area contributed by atoms with E-state index in [0.29, 0.717) is 10.9 Å². The number of carbonyl (C=O) groups excluding carboxylic acids is 1. The number of alkyl halides is 3. The third kappa shape index (κ3) is 4.02. The van der Waals surface area contributed by atoms with Gasteiger partial charge in [-0.15, -0.1) is 0 Å². The van der Waals surface area contributed by atoms with Crippen molar-refractivity contribution in [3.63, 3.8) is 0 Å². The minimum Gasteiger partial charge on any atom is -0.461 e. The highest BCUT2D eigenvalue weighted by Crippen LogP contribution is 2.38. The summed E-state index contributed by atoms with van der Waals surface area (Å²) in [4.78, 5) is 16.5. The summed E-state index contributed by atoms with van der Waals surface area (Å²) < 4.78 is 71.1. The Morgan fingerprint density at radius 3 is 2.17 bits per heavy atom. The van der Waals surface area contributed by atoms with E-state index in [-0.39, 0.29) is 17.7 Å². The first-order valence-electron chi connectivity index (χ1n) is 8.31. The lowest BCUT2D eigenvalue weighted by Gasteiger charge is -2.16. The normalized spacial score (nSPS) is 12.0. The predicted octanol–water partition coefficient (Wildman–Crippen LogP) is 4.31. The molecule has 1 heterocycles. The lowest BCUT2D eigenvalue weighted by atomic mass is 10.0. The van der Waals surface area contributed by atoms with Gasteiger partial charge in [-0.05, 0) is 6.92 Å². The summed E-state index contributed by atoms with van der Waals surface area (Å²) in [5, 5.41) is 0.274. The number of rotatable bonds is 5. The first kappa shape index (κ1) is 20.6. The molecule has 6 nitrogen and oxygen atoms in total. The summed E-state index contributed by atoms with van der Waals surface area (Å²) in [6.07, 6.45) is 0. The number of ether oxygens (including phenoxy) is 1. The van der Waals surface area contributed by atoms with Gasteiger partial charge in [0.2, 0.25) is 0 Å². The van der Waals surface area contributed by atoms with Crippen molar-refractivity contribution in [2.45, 2.75) is 12.4 Å². The van der Waals surface area contributed by atoms with Crippen LogP contribution < -0.4 is 4.18 Å². The average Bonchev–Trinajstić information content (AvgIpc) is 2.68. The van der Waals surface area contributed by atoms with Gasteiger partial charge in [0.25, 0.3) is 0 Å². The molecule has 2 aromatic carbocycles. The number of pyridine rings is 1. The van der Waals surface area contributed by atoms with Crippen LogP contribution in [0.1, 0.15) is 17.4 Å². The van der Waals surface area contributed by atoms with E-state index in [2.05, 4.69) is 9.17 Å². The van der Waals surface area contributed by atoms with E-state index < -0.39 is 33.0 Å². The van der Waals surface area contributed by atoms with E-state index in [4.69, 9.17) is 4.74 Å². The Bertz CT molecular complexity index is 1160. The number of hydrogen-bond acceptors (Lipinski definition) is 6. The topological polar surface area (TPSA) is 82.6 Å². The zero-order valence-electron chi connectivity index (χ0n) is 14.9. The first-order chi connectivity index (χ1) is 13.7. The Labute approximate surface area is 164 Å². The maximum absolute atomic E-state index is 12.9. The molecule has 0 atom stereocenters. The van der Waals surface area contributed by atoms with Crippen molar-refractivity contribution in [2.24, 2.45) is 0 Å². The Balaban J connectivity index is 2.35. The third-order valence-corrected chi connectivity index (χ3v) is 4.81. The largest absolute Gasteiger partial charge is 0.534 e. The summed E-state index contributed by atoms with van der Waals surface area (Å²) >= 11 is 0. The average molecular weight is 425 g/mol. The molecule has 152 valence electrons. The molecular weight excluding hydrogens is 411 g/mol. The smallest absolute Gasteiger partial charge is 0.461 e. The second kappa shape index (κ2) is 7.70. The molecule has 0 saturated carbocycles. The van der Waals surface area contributed by atoms with Crippen LogP contribution in [0, 0.1) is 0 Å². The van der Waals surface area contributed by atoms with Crippen LogP contribution in [0.4, 0.5) is 13.2 Å². The molecule has 29 heavy (non-hydrogen) atoms. The molecule has 0 aliphatic carbocycles. The molecule has 3 rings (SSSR count). The molecule has 3 aromatic rings. The molecule has 1 aromatic heterocycles. The van der Waals surface area contributed by atoms with Gasteiger partial charge in [0.05, 0.1) is 12.3 Å². The predicted molar refractivity (Wildman–Crippen MR) is 98.7 cm³/mol. The standard InChI is InChI=1S/C19H14F3NO5S/c1-2-27-18(24)16-17(28-29(25,26)19(20,21)22)14-11-7-6-10-13(14)15(23-16)12-8-4-3-5-9-12/h3-11H,2H2,1H3.